The predicted molar refractivity (Wildman–Crippen MR) is 132 cm³/mol. The van der Waals surface area contributed by atoms with E-state index < -0.39 is 0 Å². The van der Waals surface area contributed by atoms with Crippen LogP contribution in [0.15, 0.2) is 72.3 Å². The van der Waals surface area contributed by atoms with Gasteiger partial charge in [-0.2, -0.15) is 0 Å². The first kappa shape index (κ1) is 19.8. The van der Waals surface area contributed by atoms with Gasteiger partial charge in [0.25, 0.3) is 0 Å². The summed E-state index contributed by atoms with van der Waals surface area (Å²) in [5.74, 6) is 0.0770. The molecule has 0 amide bonds. The number of hydrogen-bond acceptors (Lipinski definition) is 5. The molecule has 2 aromatic heterocycles. The average molecular weight is 450 g/mol. The predicted octanol–water partition coefficient (Wildman–Crippen LogP) is 6.36. The Morgan fingerprint density at radius 3 is 2.06 bits per heavy atom. The Morgan fingerprint density at radius 2 is 1.45 bits per heavy atom. The maximum absolute atomic E-state index is 13.2. The van der Waals surface area contributed by atoms with Crippen LogP contribution in [0.1, 0.15) is 46.4 Å². The van der Waals surface area contributed by atoms with Crippen LogP contribution in [0.3, 0.4) is 0 Å². The van der Waals surface area contributed by atoms with Gasteiger partial charge in [-0.3, -0.25) is 9.59 Å². The molecule has 0 bridgehead atoms. The van der Waals surface area contributed by atoms with Gasteiger partial charge in [-0.05, 0) is 42.8 Å². The Kier molecular flexibility index (Phi) is 4.38. The van der Waals surface area contributed by atoms with Crippen LogP contribution in [0.4, 0.5) is 0 Å². The zero-order chi connectivity index (χ0) is 22.7. The molecule has 0 saturated heterocycles. The van der Waals surface area contributed by atoms with Crippen molar-refractivity contribution in [3.05, 3.63) is 89.3 Å². The van der Waals surface area contributed by atoms with Gasteiger partial charge in [0.05, 0.1) is 5.57 Å². The molecule has 3 aromatic carbocycles. The SMILES string of the molecule is CC(C)n1c(C=C2C(=O)c3cc4ccccc4cc3C2=O)nc2sc(-c3ccccc3)nc21. The van der Waals surface area contributed by atoms with Crippen molar-refractivity contribution in [3.8, 4) is 10.6 Å². The van der Waals surface area contributed by atoms with Gasteiger partial charge in [0, 0.05) is 22.7 Å². The molecule has 160 valence electrons. The van der Waals surface area contributed by atoms with Gasteiger partial charge in [0.1, 0.15) is 10.8 Å². The first-order valence-corrected chi connectivity index (χ1v) is 11.6. The first-order chi connectivity index (χ1) is 16.0. The summed E-state index contributed by atoms with van der Waals surface area (Å²) in [6, 6.07) is 21.4. The Hall–Kier alpha value is -3.90. The third-order valence-electron chi connectivity index (χ3n) is 5.96. The lowest BCUT2D eigenvalue weighted by molar-refractivity contribution is 0.0990. The molecule has 6 heteroatoms. The van der Waals surface area contributed by atoms with Gasteiger partial charge in [-0.25, -0.2) is 9.97 Å². The van der Waals surface area contributed by atoms with Crippen LogP contribution < -0.4 is 0 Å². The number of thiazole rings is 1. The van der Waals surface area contributed by atoms with Crippen molar-refractivity contribution in [1.82, 2.24) is 14.5 Å². The van der Waals surface area contributed by atoms with E-state index in [4.69, 9.17) is 9.97 Å². The van der Waals surface area contributed by atoms with Crippen molar-refractivity contribution in [2.24, 2.45) is 0 Å². The molecule has 1 aliphatic rings. The van der Waals surface area contributed by atoms with Crippen molar-refractivity contribution >= 4 is 50.2 Å². The summed E-state index contributed by atoms with van der Waals surface area (Å²) in [4.78, 5) is 36.8. The lowest BCUT2D eigenvalue weighted by atomic mass is 10.0. The number of fused-ring (bicyclic) bond motifs is 3. The van der Waals surface area contributed by atoms with E-state index in [1.54, 1.807) is 6.08 Å². The highest BCUT2D eigenvalue weighted by atomic mass is 32.1. The van der Waals surface area contributed by atoms with E-state index in [1.807, 2.05) is 85.1 Å². The second-order valence-electron chi connectivity index (χ2n) is 8.41. The Labute approximate surface area is 194 Å². The van der Waals surface area contributed by atoms with E-state index in [2.05, 4.69) is 0 Å². The minimum atomic E-state index is -0.250. The average Bonchev–Trinajstić information content (AvgIpc) is 3.44. The molecule has 0 N–H and O–H groups in total. The number of rotatable bonds is 3. The summed E-state index contributed by atoms with van der Waals surface area (Å²) in [6.07, 6.45) is 1.63. The van der Waals surface area contributed by atoms with Crippen LogP contribution >= 0.6 is 11.3 Å². The number of ketones is 2. The second kappa shape index (κ2) is 7.32. The minimum absolute atomic E-state index is 0.0594. The molecule has 0 fully saturated rings. The third kappa shape index (κ3) is 3.06. The number of Topliss-reactive ketones (excluding diaryl/α,β-unsaturated/α-hetero) is 2. The Bertz CT molecular complexity index is 1570. The standard InChI is InChI=1S/C27H19N3O2S/c1-15(2)30-22(28-27-25(30)29-26(33-27)16-8-4-3-5-9-16)14-21-23(31)19-12-17-10-6-7-11-18(17)13-20(19)24(21)32/h3-15H,1-2H3. The molecule has 0 spiro atoms. The quantitative estimate of drug-likeness (QED) is 0.238. The van der Waals surface area contributed by atoms with Crippen molar-refractivity contribution < 1.29 is 9.59 Å². The molecule has 6 rings (SSSR count). The van der Waals surface area contributed by atoms with Crippen molar-refractivity contribution in [3.63, 3.8) is 0 Å². The van der Waals surface area contributed by atoms with Gasteiger partial charge < -0.3 is 4.57 Å². The molecule has 0 unspecified atom stereocenters. The number of nitrogens with zero attached hydrogens (tertiary/aromatic N) is 3. The summed E-state index contributed by atoms with van der Waals surface area (Å²) < 4.78 is 1.99. The molecule has 33 heavy (non-hydrogen) atoms. The summed E-state index contributed by atoms with van der Waals surface area (Å²) >= 11 is 1.51. The molecular formula is C27H19N3O2S. The highest BCUT2D eigenvalue weighted by Gasteiger charge is 2.34. The smallest absolute Gasteiger partial charge is 0.197 e. The van der Waals surface area contributed by atoms with E-state index in [0.717, 1.165) is 31.8 Å². The highest BCUT2D eigenvalue weighted by molar-refractivity contribution is 7.21. The number of benzene rings is 3. The van der Waals surface area contributed by atoms with Gasteiger partial charge in [0.15, 0.2) is 22.0 Å². The summed E-state index contributed by atoms with van der Waals surface area (Å²) in [7, 11) is 0. The van der Waals surface area contributed by atoms with Crippen LogP contribution in [0.25, 0.3) is 37.9 Å². The maximum Gasteiger partial charge on any atom is 0.197 e. The lowest BCUT2D eigenvalue weighted by Gasteiger charge is -2.10. The van der Waals surface area contributed by atoms with Gasteiger partial charge in [0.2, 0.25) is 0 Å². The fourth-order valence-corrected chi connectivity index (χ4v) is 5.33. The number of allylic oxidation sites excluding steroid dienone is 1. The Balaban J connectivity index is 1.47. The topological polar surface area (TPSA) is 64.8 Å². The minimum Gasteiger partial charge on any atom is -0.306 e. The first-order valence-electron chi connectivity index (χ1n) is 10.8. The fraction of sp³-hybridized carbons (Fsp3) is 0.111. The van der Waals surface area contributed by atoms with Crippen LogP contribution in [-0.2, 0) is 0 Å². The van der Waals surface area contributed by atoms with E-state index in [0.29, 0.717) is 17.0 Å². The molecule has 0 saturated carbocycles. The van der Waals surface area contributed by atoms with Crippen molar-refractivity contribution in [2.45, 2.75) is 19.9 Å². The number of hydrogen-bond donors (Lipinski definition) is 0. The lowest BCUT2D eigenvalue weighted by Crippen LogP contribution is -2.07. The second-order valence-corrected chi connectivity index (χ2v) is 9.39. The number of carbonyl (C=O) groups excluding carboxylic acids is 2. The largest absolute Gasteiger partial charge is 0.306 e. The normalized spacial score (nSPS) is 13.5. The van der Waals surface area contributed by atoms with Gasteiger partial charge in [-0.15, -0.1) is 0 Å². The van der Waals surface area contributed by atoms with Crippen LogP contribution in [0.2, 0.25) is 0 Å². The highest BCUT2D eigenvalue weighted by Crippen LogP contribution is 2.35. The molecule has 0 atom stereocenters. The van der Waals surface area contributed by atoms with E-state index in [1.165, 1.54) is 11.3 Å². The molecule has 1 aliphatic carbocycles. The van der Waals surface area contributed by atoms with Crippen LogP contribution in [0.5, 0.6) is 0 Å². The van der Waals surface area contributed by atoms with Gasteiger partial charge in [-0.1, -0.05) is 65.9 Å². The zero-order valence-electron chi connectivity index (χ0n) is 18.1. The molecule has 5 aromatic rings. The molecule has 0 aliphatic heterocycles. The summed E-state index contributed by atoms with van der Waals surface area (Å²) in [6.45, 7) is 4.09. The van der Waals surface area contributed by atoms with Gasteiger partial charge >= 0.3 is 0 Å². The molecule has 0 radical (unpaired) electrons. The number of imidazole rings is 1. The van der Waals surface area contributed by atoms with Crippen LogP contribution in [-0.4, -0.2) is 26.1 Å². The molecule has 2 heterocycles. The summed E-state index contributed by atoms with van der Waals surface area (Å²) in [5, 5.41) is 2.79. The van der Waals surface area contributed by atoms with E-state index in [9.17, 15) is 9.59 Å². The number of carbonyl (C=O) groups is 2. The fourth-order valence-electron chi connectivity index (χ4n) is 4.38. The van der Waals surface area contributed by atoms with Crippen LogP contribution in [0, 0.1) is 0 Å². The molecule has 5 nitrogen and oxygen atoms in total. The van der Waals surface area contributed by atoms with E-state index >= 15 is 0 Å². The summed E-state index contributed by atoms with van der Waals surface area (Å²) in [5.41, 5.74) is 2.88. The molecular weight excluding hydrogens is 430 g/mol. The monoisotopic (exact) mass is 449 g/mol. The Morgan fingerprint density at radius 1 is 0.848 bits per heavy atom. The van der Waals surface area contributed by atoms with Crippen molar-refractivity contribution in [1.29, 1.82) is 0 Å². The number of aromatic nitrogens is 3. The third-order valence-corrected chi connectivity index (χ3v) is 6.95. The van der Waals surface area contributed by atoms with E-state index in [-0.39, 0.29) is 23.2 Å². The zero-order valence-corrected chi connectivity index (χ0v) is 18.9. The maximum atomic E-state index is 13.2. The van der Waals surface area contributed by atoms with Crippen molar-refractivity contribution in [2.75, 3.05) is 0 Å².